The van der Waals surface area contributed by atoms with Crippen LogP contribution in [0.5, 0.6) is 11.5 Å². The van der Waals surface area contributed by atoms with Gasteiger partial charge in [-0.2, -0.15) is 0 Å². The van der Waals surface area contributed by atoms with Gasteiger partial charge in [0.2, 0.25) is 10.0 Å². The molecule has 0 saturated heterocycles. The molecule has 0 spiro atoms. The number of nitrogens with one attached hydrogen (secondary N) is 1. The number of sulfonamides is 1. The van der Waals surface area contributed by atoms with Crippen LogP contribution >= 0.6 is 0 Å². The van der Waals surface area contributed by atoms with Crippen molar-refractivity contribution in [2.45, 2.75) is 37.1 Å². The standard InChI is InChI=1S/C22H30N2O4S/c1-27-20-10-11-21(28-2)22(16-20)29(25,26)23-13-6-3-7-14-24-15-12-18-8-4-5-9-19(18)17-24/h4-5,8-11,16,23H,3,6-7,12-15,17H2,1-2H3. The highest BCUT2D eigenvalue weighted by molar-refractivity contribution is 7.89. The monoisotopic (exact) mass is 418 g/mol. The molecule has 0 radical (unpaired) electrons. The number of methoxy groups -OCH3 is 2. The fourth-order valence-corrected chi connectivity index (χ4v) is 4.92. The van der Waals surface area contributed by atoms with Crippen molar-refractivity contribution in [2.24, 2.45) is 0 Å². The number of hydrogen-bond acceptors (Lipinski definition) is 5. The first-order chi connectivity index (χ1) is 14.0. The van der Waals surface area contributed by atoms with E-state index < -0.39 is 10.0 Å². The maximum atomic E-state index is 12.6. The molecule has 0 aliphatic carbocycles. The van der Waals surface area contributed by atoms with E-state index in [1.165, 1.54) is 31.4 Å². The predicted molar refractivity (Wildman–Crippen MR) is 114 cm³/mol. The minimum atomic E-state index is -3.64. The van der Waals surface area contributed by atoms with E-state index in [9.17, 15) is 8.42 Å². The second-order valence-corrected chi connectivity index (χ2v) is 9.01. The molecule has 0 bridgehead atoms. The van der Waals surface area contributed by atoms with Crippen LogP contribution in [0.1, 0.15) is 30.4 Å². The predicted octanol–water partition coefficient (Wildman–Crippen LogP) is 3.21. The Morgan fingerprint density at radius 3 is 2.55 bits per heavy atom. The molecule has 0 atom stereocenters. The lowest BCUT2D eigenvalue weighted by molar-refractivity contribution is 0.248. The molecule has 2 aromatic carbocycles. The van der Waals surface area contributed by atoms with Crippen LogP contribution in [0.3, 0.4) is 0 Å². The van der Waals surface area contributed by atoms with Crippen LogP contribution in [0.25, 0.3) is 0 Å². The highest BCUT2D eigenvalue weighted by Gasteiger charge is 2.20. The Kier molecular flexibility index (Phi) is 7.52. The van der Waals surface area contributed by atoms with Crippen LogP contribution < -0.4 is 14.2 Å². The Balaban J connectivity index is 1.42. The topological polar surface area (TPSA) is 67.9 Å². The largest absolute Gasteiger partial charge is 0.497 e. The van der Waals surface area contributed by atoms with E-state index in [1.54, 1.807) is 12.1 Å². The summed E-state index contributed by atoms with van der Waals surface area (Å²) in [5.41, 5.74) is 2.89. The molecule has 29 heavy (non-hydrogen) atoms. The molecule has 0 fully saturated rings. The van der Waals surface area contributed by atoms with Crippen LogP contribution in [0.15, 0.2) is 47.4 Å². The van der Waals surface area contributed by atoms with Gasteiger partial charge in [0.1, 0.15) is 16.4 Å². The molecule has 0 amide bonds. The van der Waals surface area contributed by atoms with Crippen LogP contribution in [0.2, 0.25) is 0 Å². The Hall–Kier alpha value is -2.09. The van der Waals surface area contributed by atoms with E-state index >= 15 is 0 Å². The number of benzene rings is 2. The van der Waals surface area contributed by atoms with Crippen molar-refractivity contribution < 1.29 is 17.9 Å². The molecular weight excluding hydrogens is 388 g/mol. The number of ether oxygens (including phenoxy) is 2. The first-order valence-corrected chi connectivity index (χ1v) is 11.5. The van der Waals surface area contributed by atoms with E-state index in [0.29, 0.717) is 18.0 Å². The lowest BCUT2D eigenvalue weighted by Gasteiger charge is -2.28. The van der Waals surface area contributed by atoms with Gasteiger partial charge in [-0.05, 0) is 49.1 Å². The Bertz CT molecular complexity index is 915. The maximum absolute atomic E-state index is 12.6. The van der Waals surface area contributed by atoms with Gasteiger partial charge in [0.25, 0.3) is 0 Å². The zero-order valence-electron chi connectivity index (χ0n) is 17.2. The maximum Gasteiger partial charge on any atom is 0.244 e. The summed E-state index contributed by atoms with van der Waals surface area (Å²) in [6.45, 7) is 3.56. The molecule has 1 N–H and O–H groups in total. The van der Waals surface area contributed by atoms with Crippen molar-refractivity contribution in [1.29, 1.82) is 0 Å². The SMILES string of the molecule is COc1ccc(OC)c(S(=O)(=O)NCCCCCN2CCc3ccccc3C2)c1. The number of unbranched alkanes of at least 4 members (excludes halogenated alkanes) is 2. The summed E-state index contributed by atoms with van der Waals surface area (Å²) in [4.78, 5) is 2.58. The zero-order chi connectivity index (χ0) is 20.7. The van der Waals surface area contributed by atoms with Gasteiger partial charge in [-0.15, -0.1) is 0 Å². The molecule has 7 heteroatoms. The third-order valence-corrected chi connectivity index (χ3v) is 6.80. The number of rotatable bonds is 10. The molecule has 3 rings (SSSR count). The summed E-state index contributed by atoms with van der Waals surface area (Å²) in [7, 11) is -0.677. The number of fused-ring (bicyclic) bond motifs is 1. The molecule has 1 aliphatic rings. The van der Waals surface area contributed by atoms with Crippen LogP contribution in [0.4, 0.5) is 0 Å². The average molecular weight is 419 g/mol. The lowest BCUT2D eigenvalue weighted by atomic mass is 10.00. The van der Waals surface area contributed by atoms with Crippen molar-refractivity contribution in [3.05, 3.63) is 53.6 Å². The van der Waals surface area contributed by atoms with Crippen molar-refractivity contribution >= 4 is 10.0 Å². The van der Waals surface area contributed by atoms with Gasteiger partial charge < -0.3 is 9.47 Å². The van der Waals surface area contributed by atoms with E-state index in [4.69, 9.17) is 9.47 Å². The summed E-state index contributed by atoms with van der Waals surface area (Å²) in [6, 6.07) is 13.4. The van der Waals surface area contributed by atoms with Crippen molar-refractivity contribution in [2.75, 3.05) is 33.9 Å². The summed E-state index contributed by atoms with van der Waals surface area (Å²) >= 11 is 0. The number of hydrogen-bond donors (Lipinski definition) is 1. The molecule has 0 unspecified atom stereocenters. The van der Waals surface area contributed by atoms with Crippen LogP contribution in [-0.4, -0.2) is 47.2 Å². The molecule has 0 saturated carbocycles. The van der Waals surface area contributed by atoms with E-state index in [2.05, 4.69) is 33.9 Å². The normalized spacial score (nSPS) is 14.4. The van der Waals surface area contributed by atoms with Crippen molar-refractivity contribution in [3.63, 3.8) is 0 Å². The summed E-state index contributed by atoms with van der Waals surface area (Å²) in [5, 5.41) is 0. The minimum Gasteiger partial charge on any atom is -0.497 e. The van der Waals surface area contributed by atoms with Gasteiger partial charge in [-0.3, -0.25) is 4.90 Å². The summed E-state index contributed by atoms with van der Waals surface area (Å²) < 4.78 is 38.2. The Labute approximate surface area is 173 Å². The van der Waals surface area contributed by atoms with E-state index in [-0.39, 0.29) is 4.90 Å². The highest BCUT2D eigenvalue weighted by atomic mass is 32.2. The molecule has 0 aromatic heterocycles. The van der Waals surface area contributed by atoms with Gasteiger partial charge in [0.15, 0.2) is 0 Å². The average Bonchev–Trinajstić information content (AvgIpc) is 2.75. The third kappa shape index (κ3) is 5.72. The summed E-state index contributed by atoms with van der Waals surface area (Å²) in [5.74, 6) is 0.790. The Morgan fingerprint density at radius 2 is 1.79 bits per heavy atom. The second-order valence-electron chi connectivity index (χ2n) is 7.27. The number of nitrogens with zero attached hydrogens (tertiary/aromatic N) is 1. The van der Waals surface area contributed by atoms with E-state index in [1.807, 2.05) is 0 Å². The molecule has 6 nitrogen and oxygen atoms in total. The quantitative estimate of drug-likeness (QED) is 0.600. The lowest BCUT2D eigenvalue weighted by Crippen LogP contribution is -2.31. The van der Waals surface area contributed by atoms with Crippen molar-refractivity contribution in [1.82, 2.24) is 9.62 Å². The van der Waals surface area contributed by atoms with E-state index in [0.717, 1.165) is 45.3 Å². The fraction of sp³-hybridized carbons (Fsp3) is 0.455. The first kappa shape index (κ1) is 21.6. The smallest absolute Gasteiger partial charge is 0.244 e. The first-order valence-electron chi connectivity index (χ1n) is 10.0. The fourth-order valence-electron chi connectivity index (χ4n) is 3.66. The minimum absolute atomic E-state index is 0.103. The van der Waals surface area contributed by atoms with Gasteiger partial charge in [-0.1, -0.05) is 30.7 Å². The summed E-state index contributed by atoms with van der Waals surface area (Å²) in [6.07, 6.45) is 3.95. The van der Waals surface area contributed by atoms with Gasteiger partial charge in [-0.25, -0.2) is 13.1 Å². The third-order valence-electron chi connectivity index (χ3n) is 5.31. The van der Waals surface area contributed by atoms with Gasteiger partial charge in [0.05, 0.1) is 14.2 Å². The molecular formula is C22H30N2O4S. The molecule has 1 heterocycles. The molecule has 158 valence electrons. The van der Waals surface area contributed by atoms with Crippen molar-refractivity contribution in [3.8, 4) is 11.5 Å². The zero-order valence-corrected chi connectivity index (χ0v) is 18.0. The van der Waals surface area contributed by atoms with Gasteiger partial charge >= 0.3 is 0 Å². The van der Waals surface area contributed by atoms with Gasteiger partial charge in [0, 0.05) is 25.7 Å². The highest BCUT2D eigenvalue weighted by Crippen LogP contribution is 2.28. The molecule has 1 aliphatic heterocycles. The van der Waals surface area contributed by atoms with Crippen LogP contribution in [0, 0.1) is 0 Å². The van der Waals surface area contributed by atoms with Crippen LogP contribution in [-0.2, 0) is 23.0 Å². The Morgan fingerprint density at radius 1 is 1.00 bits per heavy atom. The second kappa shape index (κ2) is 10.1. The molecule has 2 aromatic rings.